The lowest BCUT2D eigenvalue weighted by Gasteiger charge is -2.13. The molecule has 3 N–H and O–H groups in total. The molecule has 0 saturated carbocycles. The van der Waals surface area contributed by atoms with Gasteiger partial charge in [0.25, 0.3) is 0 Å². The molecule has 0 atom stereocenters. The van der Waals surface area contributed by atoms with E-state index in [0.29, 0.717) is 0 Å². The number of nitrogens with one attached hydrogen (secondary N) is 1. The smallest absolute Gasteiger partial charge is 0.0467 e. The van der Waals surface area contributed by atoms with Crippen molar-refractivity contribution in [1.29, 1.82) is 0 Å². The highest BCUT2D eigenvalue weighted by molar-refractivity contribution is 5.93. The zero-order valence-corrected chi connectivity index (χ0v) is 12.3. The minimum atomic E-state index is 0.881. The number of hydrogen-bond acceptors (Lipinski definition) is 1. The molecule has 2 aromatic rings. The van der Waals surface area contributed by atoms with Crippen molar-refractivity contribution in [2.24, 2.45) is 5.73 Å². The molecule has 0 spiro atoms. The monoisotopic (exact) mass is 276 g/mol. The molecule has 21 heavy (non-hydrogen) atoms. The predicted molar refractivity (Wildman–Crippen MR) is 91.6 cm³/mol. The number of H-pyrrole nitrogens is 1. The van der Waals surface area contributed by atoms with Gasteiger partial charge in [-0.05, 0) is 49.1 Å². The molecule has 106 valence electrons. The number of benzene rings is 1. The molecular weight excluding hydrogens is 256 g/mol. The summed E-state index contributed by atoms with van der Waals surface area (Å²) in [6.45, 7) is 6.08. The van der Waals surface area contributed by atoms with E-state index >= 15 is 0 Å². The summed E-state index contributed by atoms with van der Waals surface area (Å²) in [5.74, 6) is 0. The summed E-state index contributed by atoms with van der Waals surface area (Å²) in [4.78, 5) is 3.47. The fraction of sp³-hybridized carbons (Fsp3) is 0.158. The molecule has 1 aromatic heterocycles. The van der Waals surface area contributed by atoms with Gasteiger partial charge in [0.2, 0.25) is 0 Å². The molecule has 3 rings (SSSR count). The average Bonchev–Trinajstić information content (AvgIpc) is 2.84. The van der Waals surface area contributed by atoms with Crippen molar-refractivity contribution in [3.8, 4) is 0 Å². The topological polar surface area (TPSA) is 41.8 Å². The molecule has 0 aliphatic heterocycles. The van der Waals surface area contributed by atoms with Crippen LogP contribution in [0, 0.1) is 0 Å². The van der Waals surface area contributed by atoms with Crippen LogP contribution in [0.2, 0.25) is 0 Å². The second-order valence-corrected chi connectivity index (χ2v) is 5.40. The van der Waals surface area contributed by atoms with E-state index in [9.17, 15) is 0 Å². The Balaban J connectivity index is 2.10. The van der Waals surface area contributed by atoms with Crippen molar-refractivity contribution >= 4 is 23.1 Å². The molecule has 1 aliphatic rings. The van der Waals surface area contributed by atoms with Crippen LogP contribution in [0.4, 0.5) is 0 Å². The van der Waals surface area contributed by atoms with Crippen LogP contribution in [0.1, 0.15) is 31.0 Å². The van der Waals surface area contributed by atoms with Crippen LogP contribution in [-0.2, 0) is 0 Å². The largest absolute Gasteiger partial charge is 0.399 e. The highest BCUT2D eigenvalue weighted by atomic mass is 14.7. The Hall–Kier alpha value is -2.48. The van der Waals surface area contributed by atoms with Gasteiger partial charge in [0.15, 0.2) is 0 Å². The van der Waals surface area contributed by atoms with Crippen LogP contribution < -0.4 is 5.73 Å². The van der Waals surface area contributed by atoms with Crippen LogP contribution >= 0.6 is 0 Å². The first kappa shape index (κ1) is 13.5. The summed E-state index contributed by atoms with van der Waals surface area (Å²) >= 11 is 0. The van der Waals surface area contributed by atoms with Crippen molar-refractivity contribution in [2.45, 2.75) is 19.8 Å². The third kappa shape index (κ3) is 2.45. The van der Waals surface area contributed by atoms with Gasteiger partial charge in [-0.15, -0.1) is 0 Å². The number of rotatable bonds is 3. The van der Waals surface area contributed by atoms with Gasteiger partial charge < -0.3 is 10.7 Å². The number of fused-ring (bicyclic) bond motifs is 1. The lowest BCUT2D eigenvalue weighted by Crippen LogP contribution is -2.04. The summed E-state index contributed by atoms with van der Waals surface area (Å²) in [5, 5.41) is 1.21. The molecule has 1 heterocycles. The maximum Gasteiger partial charge on any atom is 0.0467 e. The van der Waals surface area contributed by atoms with Gasteiger partial charge in [-0.25, -0.2) is 0 Å². The van der Waals surface area contributed by atoms with Crippen molar-refractivity contribution in [1.82, 2.24) is 4.98 Å². The number of para-hydroxylation sites is 1. The summed E-state index contributed by atoms with van der Waals surface area (Å²) < 4.78 is 0. The molecule has 0 bridgehead atoms. The molecule has 1 aromatic carbocycles. The number of nitrogens with two attached hydrogens (primary N) is 1. The van der Waals surface area contributed by atoms with Crippen LogP contribution in [0.3, 0.4) is 0 Å². The van der Waals surface area contributed by atoms with Gasteiger partial charge in [0.1, 0.15) is 0 Å². The fourth-order valence-electron chi connectivity index (χ4n) is 2.93. The van der Waals surface area contributed by atoms with Crippen LogP contribution in [0.25, 0.3) is 23.1 Å². The van der Waals surface area contributed by atoms with E-state index in [1.165, 1.54) is 16.5 Å². The Morgan fingerprint density at radius 2 is 2.14 bits per heavy atom. The van der Waals surface area contributed by atoms with Gasteiger partial charge >= 0.3 is 0 Å². The van der Waals surface area contributed by atoms with E-state index in [-0.39, 0.29) is 0 Å². The molecule has 0 saturated heterocycles. The number of allylic oxidation sites excluding steroid dienone is 4. The highest BCUT2D eigenvalue weighted by Crippen LogP contribution is 2.28. The van der Waals surface area contributed by atoms with Crippen molar-refractivity contribution < 1.29 is 0 Å². The van der Waals surface area contributed by atoms with E-state index in [1.54, 1.807) is 0 Å². The van der Waals surface area contributed by atoms with E-state index in [4.69, 9.17) is 5.73 Å². The van der Waals surface area contributed by atoms with Gasteiger partial charge in [-0.2, -0.15) is 0 Å². The lowest BCUT2D eigenvalue weighted by molar-refractivity contribution is 0.943. The molecule has 0 amide bonds. The Morgan fingerprint density at radius 3 is 2.90 bits per heavy atom. The normalized spacial score (nSPS) is 15.8. The maximum absolute atomic E-state index is 6.10. The highest BCUT2D eigenvalue weighted by Gasteiger charge is 2.10. The lowest BCUT2D eigenvalue weighted by atomic mass is 9.95. The third-order valence-electron chi connectivity index (χ3n) is 4.02. The maximum atomic E-state index is 6.10. The Morgan fingerprint density at radius 1 is 1.33 bits per heavy atom. The average molecular weight is 276 g/mol. The first-order valence-corrected chi connectivity index (χ1v) is 7.27. The molecule has 0 radical (unpaired) electrons. The van der Waals surface area contributed by atoms with Gasteiger partial charge in [-0.3, -0.25) is 0 Å². The number of aromatic nitrogens is 1. The van der Waals surface area contributed by atoms with Crippen LogP contribution in [0.5, 0.6) is 0 Å². The molecule has 0 unspecified atom stereocenters. The minimum absolute atomic E-state index is 0.881. The zero-order valence-electron chi connectivity index (χ0n) is 12.3. The Labute approximate surface area is 125 Å². The van der Waals surface area contributed by atoms with E-state index in [1.807, 2.05) is 18.2 Å². The van der Waals surface area contributed by atoms with Crippen molar-refractivity contribution in [3.05, 3.63) is 71.1 Å². The quantitative estimate of drug-likeness (QED) is 0.832. The number of hydrogen-bond donors (Lipinski definition) is 2. The van der Waals surface area contributed by atoms with Gasteiger partial charge in [0.05, 0.1) is 0 Å². The van der Waals surface area contributed by atoms with E-state index in [0.717, 1.165) is 35.3 Å². The predicted octanol–water partition coefficient (Wildman–Crippen LogP) is 4.78. The summed E-state index contributed by atoms with van der Waals surface area (Å²) in [6.07, 6.45) is 10.3. The van der Waals surface area contributed by atoms with Crippen LogP contribution in [0.15, 0.2) is 59.8 Å². The SMILES string of the molecule is C=Cc1c(/C=C(\C)C2=C(N)C=CCC2)[nH]c2ccccc12. The van der Waals surface area contributed by atoms with Gasteiger partial charge in [-0.1, -0.05) is 36.9 Å². The first-order valence-electron chi connectivity index (χ1n) is 7.27. The second-order valence-electron chi connectivity index (χ2n) is 5.40. The zero-order chi connectivity index (χ0) is 14.8. The van der Waals surface area contributed by atoms with Crippen LogP contribution in [-0.4, -0.2) is 4.98 Å². The van der Waals surface area contributed by atoms with Gasteiger partial charge in [0, 0.05) is 27.9 Å². The molecule has 2 heteroatoms. The van der Waals surface area contributed by atoms with E-state index < -0.39 is 0 Å². The molecule has 1 aliphatic carbocycles. The third-order valence-corrected chi connectivity index (χ3v) is 4.02. The Kier molecular flexibility index (Phi) is 3.53. The van der Waals surface area contributed by atoms with E-state index in [2.05, 4.69) is 48.8 Å². The summed E-state index contributed by atoms with van der Waals surface area (Å²) in [5.41, 5.74) is 12.8. The number of aromatic amines is 1. The molecule has 0 fully saturated rings. The summed E-state index contributed by atoms with van der Waals surface area (Å²) in [7, 11) is 0. The summed E-state index contributed by atoms with van der Waals surface area (Å²) in [6, 6.07) is 8.30. The molecule has 2 nitrogen and oxygen atoms in total. The molecular formula is C19H20N2. The van der Waals surface area contributed by atoms with Crippen molar-refractivity contribution in [2.75, 3.05) is 0 Å². The standard InChI is InChI=1S/C19H20N2/c1-3-14-16-9-5-7-11-18(16)21-19(14)12-13(2)15-8-4-6-10-17(15)20/h3,5-7,9-12,21H,1,4,8,20H2,2H3/b13-12+. The minimum Gasteiger partial charge on any atom is -0.399 e. The second kappa shape index (κ2) is 5.49. The van der Waals surface area contributed by atoms with Crippen molar-refractivity contribution in [3.63, 3.8) is 0 Å². The Bertz CT molecular complexity index is 785. The fourth-order valence-corrected chi connectivity index (χ4v) is 2.93. The first-order chi connectivity index (χ1) is 10.2.